The summed E-state index contributed by atoms with van der Waals surface area (Å²) in [6.07, 6.45) is 2.58. The summed E-state index contributed by atoms with van der Waals surface area (Å²) in [6.45, 7) is 1.33. The van der Waals surface area contributed by atoms with Gasteiger partial charge in [-0.15, -0.1) is 0 Å². The van der Waals surface area contributed by atoms with E-state index in [2.05, 4.69) is 0 Å². The molecule has 1 fully saturated rings. The lowest BCUT2D eigenvalue weighted by Gasteiger charge is -2.17. The fourth-order valence-corrected chi connectivity index (χ4v) is 1.87. The Kier molecular flexibility index (Phi) is 4.44. The average molecular weight is 251 g/mol. The summed E-state index contributed by atoms with van der Waals surface area (Å²) in [7, 11) is 3.28. The van der Waals surface area contributed by atoms with E-state index < -0.39 is 0 Å². The molecular weight excluding hydrogens is 230 g/mol. The van der Waals surface area contributed by atoms with E-state index in [0.29, 0.717) is 6.61 Å². The van der Waals surface area contributed by atoms with E-state index in [9.17, 15) is 0 Å². The third-order valence-corrected chi connectivity index (χ3v) is 3.18. The quantitative estimate of drug-likeness (QED) is 0.806. The van der Waals surface area contributed by atoms with E-state index in [1.54, 1.807) is 14.2 Å². The van der Waals surface area contributed by atoms with Crippen molar-refractivity contribution in [2.75, 3.05) is 27.4 Å². The molecule has 1 aromatic carbocycles. The van der Waals surface area contributed by atoms with Gasteiger partial charge in [0.05, 0.1) is 26.9 Å². The normalized spacial score (nSPS) is 16.4. The van der Waals surface area contributed by atoms with Crippen LogP contribution in [0.3, 0.4) is 0 Å². The first-order valence-corrected chi connectivity index (χ1v) is 6.30. The number of nitrogens with two attached hydrogens (primary N) is 1. The van der Waals surface area contributed by atoms with Crippen LogP contribution in [0.15, 0.2) is 18.2 Å². The fourth-order valence-electron chi connectivity index (χ4n) is 1.87. The monoisotopic (exact) mass is 251 g/mol. The van der Waals surface area contributed by atoms with E-state index in [-0.39, 0.29) is 6.04 Å². The van der Waals surface area contributed by atoms with Crippen LogP contribution in [0.5, 0.6) is 11.5 Å². The SMILES string of the molecule is COc1ccc(OC)c(C(N)COCC2CC2)c1. The number of methoxy groups -OCH3 is 2. The predicted octanol–water partition coefficient (Wildman–Crippen LogP) is 2.13. The third kappa shape index (κ3) is 3.37. The van der Waals surface area contributed by atoms with E-state index in [4.69, 9.17) is 19.9 Å². The molecule has 2 rings (SSSR count). The van der Waals surface area contributed by atoms with Gasteiger partial charge in [-0.25, -0.2) is 0 Å². The van der Waals surface area contributed by atoms with Crippen LogP contribution < -0.4 is 15.2 Å². The van der Waals surface area contributed by atoms with Crippen molar-refractivity contribution in [1.82, 2.24) is 0 Å². The topological polar surface area (TPSA) is 53.7 Å². The van der Waals surface area contributed by atoms with Gasteiger partial charge in [0.25, 0.3) is 0 Å². The van der Waals surface area contributed by atoms with Gasteiger partial charge < -0.3 is 19.9 Å². The molecule has 0 saturated heterocycles. The largest absolute Gasteiger partial charge is 0.497 e. The number of ether oxygens (including phenoxy) is 3. The molecule has 0 radical (unpaired) electrons. The zero-order chi connectivity index (χ0) is 13.0. The van der Waals surface area contributed by atoms with Gasteiger partial charge in [0.1, 0.15) is 11.5 Å². The van der Waals surface area contributed by atoms with Crippen LogP contribution in [0.2, 0.25) is 0 Å². The summed E-state index contributed by atoms with van der Waals surface area (Å²) in [6, 6.07) is 5.45. The molecule has 2 N–H and O–H groups in total. The molecule has 0 heterocycles. The van der Waals surface area contributed by atoms with Crippen LogP contribution in [-0.2, 0) is 4.74 Å². The van der Waals surface area contributed by atoms with Crippen LogP contribution in [0.25, 0.3) is 0 Å². The highest BCUT2D eigenvalue weighted by molar-refractivity contribution is 5.42. The first-order valence-electron chi connectivity index (χ1n) is 6.30. The lowest BCUT2D eigenvalue weighted by Crippen LogP contribution is -2.18. The maximum absolute atomic E-state index is 6.14. The molecular formula is C14H21NO3. The Labute approximate surface area is 108 Å². The molecule has 1 aliphatic rings. The standard InChI is InChI=1S/C14H21NO3/c1-16-11-5-6-14(17-2)12(7-11)13(15)9-18-8-10-3-4-10/h5-7,10,13H,3-4,8-9,15H2,1-2H3. The molecule has 4 heteroatoms. The van der Waals surface area contributed by atoms with Gasteiger partial charge in [-0.05, 0) is 37.0 Å². The van der Waals surface area contributed by atoms with Crippen molar-refractivity contribution in [3.8, 4) is 11.5 Å². The van der Waals surface area contributed by atoms with Crippen LogP contribution in [0.1, 0.15) is 24.4 Å². The summed E-state index contributed by atoms with van der Waals surface area (Å²) in [5, 5.41) is 0. The Hall–Kier alpha value is -1.26. The Morgan fingerprint density at radius 3 is 2.67 bits per heavy atom. The molecule has 1 aromatic rings. The van der Waals surface area contributed by atoms with E-state index in [1.165, 1.54) is 12.8 Å². The van der Waals surface area contributed by atoms with Gasteiger partial charge in [0, 0.05) is 12.2 Å². The molecule has 0 aliphatic heterocycles. The Morgan fingerprint density at radius 2 is 2.06 bits per heavy atom. The molecule has 18 heavy (non-hydrogen) atoms. The smallest absolute Gasteiger partial charge is 0.123 e. The highest BCUT2D eigenvalue weighted by atomic mass is 16.5. The number of rotatable bonds is 7. The second-order valence-corrected chi connectivity index (χ2v) is 4.70. The van der Waals surface area contributed by atoms with Crippen molar-refractivity contribution in [2.45, 2.75) is 18.9 Å². The van der Waals surface area contributed by atoms with Crippen molar-refractivity contribution in [1.29, 1.82) is 0 Å². The minimum atomic E-state index is -0.186. The second-order valence-electron chi connectivity index (χ2n) is 4.70. The minimum Gasteiger partial charge on any atom is -0.497 e. The second kappa shape index (κ2) is 6.07. The van der Waals surface area contributed by atoms with E-state index >= 15 is 0 Å². The first kappa shape index (κ1) is 13.2. The number of hydrogen-bond acceptors (Lipinski definition) is 4. The van der Waals surface area contributed by atoms with Gasteiger partial charge in [-0.3, -0.25) is 0 Å². The number of hydrogen-bond donors (Lipinski definition) is 1. The van der Waals surface area contributed by atoms with Crippen molar-refractivity contribution in [3.63, 3.8) is 0 Å². The molecule has 1 saturated carbocycles. The third-order valence-electron chi connectivity index (χ3n) is 3.18. The van der Waals surface area contributed by atoms with Gasteiger partial charge in [0.2, 0.25) is 0 Å². The summed E-state index contributed by atoms with van der Waals surface area (Å²) in [4.78, 5) is 0. The Bertz CT molecular complexity index is 391. The van der Waals surface area contributed by atoms with Gasteiger partial charge in [-0.1, -0.05) is 0 Å². The van der Waals surface area contributed by atoms with Gasteiger partial charge >= 0.3 is 0 Å². The number of benzene rings is 1. The Morgan fingerprint density at radius 1 is 1.28 bits per heavy atom. The predicted molar refractivity (Wildman–Crippen MR) is 70.0 cm³/mol. The molecule has 100 valence electrons. The zero-order valence-electron chi connectivity index (χ0n) is 11.0. The van der Waals surface area contributed by atoms with E-state index in [0.717, 1.165) is 29.6 Å². The molecule has 0 aromatic heterocycles. The summed E-state index contributed by atoms with van der Waals surface area (Å²) in [5.74, 6) is 2.31. The summed E-state index contributed by atoms with van der Waals surface area (Å²) in [5.41, 5.74) is 7.06. The van der Waals surface area contributed by atoms with Gasteiger partial charge in [0.15, 0.2) is 0 Å². The zero-order valence-corrected chi connectivity index (χ0v) is 11.0. The maximum Gasteiger partial charge on any atom is 0.123 e. The van der Waals surface area contributed by atoms with E-state index in [1.807, 2.05) is 18.2 Å². The molecule has 0 bridgehead atoms. The maximum atomic E-state index is 6.14. The van der Waals surface area contributed by atoms with Crippen molar-refractivity contribution < 1.29 is 14.2 Å². The Balaban J connectivity index is 1.98. The van der Waals surface area contributed by atoms with Crippen LogP contribution in [0, 0.1) is 5.92 Å². The van der Waals surface area contributed by atoms with Crippen molar-refractivity contribution >= 4 is 0 Å². The fraction of sp³-hybridized carbons (Fsp3) is 0.571. The van der Waals surface area contributed by atoms with Gasteiger partial charge in [-0.2, -0.15) is 0 Å². The molecule has 1 unspecified atom stereocenters. The van der Waals surface area contributed by atoms with Crippen molar-refractivity contribution in [3.05, 3.63) is 23.8 Å². The lowest BCUT2D eigenvalue weighted by atomic mass is 10.1. The highest BCUT2D eigenvalue weighted by Gasteiger charge is 2.22. The lowest BCUT2D eigenvalue weighted by molar-refractivity contribution is 0.111. The average Bonchev–Trinajstić information content (AvgIpc) is 3.22. The molecule has 0 amide bonds. The van der Waals surface area contributed by atoms with Crippen LogP contribution >= 0.6 is 0 Å². The minimum absolute atomic E-state index is 0.186. The molecule has 1 atom stereocenters. The van der Waals surface area contributed by atoms with Crippen LogP contribution in [0.4, 0.5) is 0 Å². The summed E-state index contributed by atoms with van der Waals surface area (Å²) < 4.78 is 16.1. The molecule has 4 nitrogen and oxygen atoms in total. The molecule has 1 aliphatic carbocycles. The molecule has 0 spiro atoms. The van der Waals surface area contributed by atoms with Crippen molar-refractivity contribution in [2.24, 2.45) is 11.7 Å². The first-order chi connectivity index (χ1) is 8.74. The summed E-state index contributed by atoms with van der Waals surface area (Å²) >= 11 is 0. The van der Waals surface area contributed by atoms with Crippen LogP contribution in [-0.4, -0.2) is 27.4 Å². The highest BCUT2D eigenvalue weighted by Crippen LogP contribution is 2.31.